The molecule has 1 N–H and O–H groups in total. The number of aromatic nitrogens is 1. The SMILES string of the molecule is C[C@@H](SC1=Nc2ccccc2CS1)C(=O)c1c[nH]c2ccccc12. The number of benzene rings is 2. The van der Waals surface area contributed by atoms with Gasteiger partial charge in [0.05, 0.1) is 10.9 Å². The van der Waals surface area contributed by atoms with E-state index in [1.54, 1.807) is 23.5 Å². The summed E-state index contributed by atoms with van der Waals surface area (Å²) in [5.74, 6) is 1.05. The molecule has 0 aliphatic carbocycles. The first-order valence-electron chi connectivity index (χ1n) is 7.79. The molecule has 0 spiro atoms. The number of aliphatic imine (C=N–C) groups is 1. The van der Waals surface area contributed by atoms with Gasteiger partial charge in [-0.25, -0.2) is 4.99 Å². The molecular weight excluding hydrogens is 336 g/mol. The van der Waals surface area contributed by atoms with Gasteiger partial charge in [0.25, 0.3) is 0 Å². The number of carbonyl (C=O) groups is 1. The van der Waals surface area contributed by atoms with Crippen LogP contribution in [-0.4, -0.2) is 20.4 Å². The minimum Gasteiger partial charge on any atom is -0.360 e. The van der Waals surface area contributed by atoms with Gasteiger partial charge in [-0.2, -0.15) is 0 Å². The van der Waals surface area contributed by atoms with E-state index in [0.29, 0.717) is 0 Å². The van der Waals surface area contributed by atoms with E-state index in [0.717, 1.165) is 32.3 Å². The van der Waals surface area contributed by atoms with Crippen molar-refractivity contribution >= 4 is 50.3 Å². The summed E-state index contributed by atoms with van der Waals surface area (Å²) in [6.07, 6.45) is 1.81. The third kappa shape index (κ3) is 2.89. The molecule has 3 nitrogen and oxygen atoms in total. The molecule has 1 atom stereocenters. The first kappa shape index (κ1) is 15.5. The number of para-hydroxylation sites is 2. The lowest BCUT2D eigenvalue weighted by molar-refractivity contribution is 0.0996. The Bertz CT molecular complexity index is 945. The first-order chi connectivity index (χ1) is 11.7. The van der Waals surface area contributed by atoms with Gasteiger partial charge in [-0.05, 0) is 24.6 Å². The molecule has 24 heavy (non-hydrogen) atoms. The minimum absolute atomic E-state index is 0.139. The Balaban J connectivity index is 1.55. The lowest BCUT2D eigenvalue weighted by Gasteiger charge is -2.16. The Morgan fingerprint density at radius 3 is 2.92 bits per heavy atom. The van der Waals surface area contributed by atoms with Crippen LogP contribution in [0.15, 0.2) is 59.7 Å². The minimum atomic E-state index is -0.166. The number of hydrogen-bond acceptors (Lipinski definition) is 4. The predicted molar refractivity (Wildman–Crippen MR) is 105 cm³/mol. The molecule has 5 heteroatoms. The van der Waals surface area contributed by atoms with E-state index < -0.39 is 0 Å². The number of fused-ring (bicyclic) bond motifs is 2. The third-order valence-corrected chi connectivity index (χ3v) is 6.35. The van der Waals surface area contributed by atoms with Crippen LogP contribution in [-0.2, 0) is 5.75 Å². The average molecular weight is 352 g/mol. The van der Waals surface area contributed by atoms with E-state index in [2.05, 4.69) is 11.1 Å². The average Bonchev–Trinajstić information content (AvgIpc) is 3.05. The van der Waals surface area contributed by atoms with Crippen LogP contribution in [0.25, 0.3) is 10.9 Å². The van der Waals surface area contributed by atoms with Crippen molar-refractivity contribution in [3.05, 3.63) is 65.9 Å². The van der Waals surface area contributed by atoms with Crippen LogP contribution in [0.4, 0.5) is 5.69 Å². The maximum Gasteiger partial charge on any atom is 0.178 e. The van der Waals surface area contributed by atoms with E-state index in [-0.39, 0.29) is 11.0 Å². The quantitative estimate of drug-likeness (QED) is 0.641. The second-order valence-electron chi connectivity index (χ2n) is 5.67. The molecule has 120 valence electrons. The molecule has 0 saturated carbocycles. The number of aromatic amines is 1. The van der Waals surface area contributed by atoms with E-state index in [1.165, 1.54) is 5.56 Å². The molecular formula is C19H16N2OS2. The van der Waals surface area contributed by atoms with Gasteiger partial charge in [-0.1, -0.05) is 59.9 Å². The number of Topliss-reactive ketones (excluding diaryl/α,β-unsaturated/α-hetero) is 1. The predicted octanol–water partition coefficient (Wildman–Crippen LogP) is 5.41. The highest BCUT2D eigenvalue weighted by molar-refractivity contribution is 8.39. The Kier molecular flexibility index (Phi) is 4.21. The van der Waals surface area contributed by atoms with Crippen LogP contribution >= 0.6 is 23.5 Å². The van der Waals surface area contributed by atoms with E-state index >= 15 is 0 Å². The zero-order valence-electron chi connectivity index (χ0n) is 13.2. The number of nitrogens with one attached hydrogen (secondary N) is 1. The molecule has 0 saturated heterocycles. The largest absolute Gasteiger partial charge is 0.360 e. The van der Waals surface area contributed by atoms with Crippen LogP contribution in [0, 0.1) is 0 Å². The third-order valence-electron chi connectivity index (χ3n) is 4.06. The van der Waals surface area contributed by atoms with Gasteiger partial charge in [0, 0.05) is 28.4 Å². The van der Waals surface area contributed by atoms with E-state index in [9.17, 15) is 4.79 Å². The van der Waals surface area contributed by atoms with Crippen molar-refractivity contribution < 1.29 is 4.79 Å². The molecule has 0 unspecified atom stereocenters. The Hall–Kier alpha value is -1.98. The molecule has 4 rings (SSSR count). The van der Waals surface area contributed by atoms with Crippen molar-refractivity contribution in [3.8, 4) is 0 Å². The maximum absolute atomic E-state index is 12.8. The number of rotatable bonds is 3. The summed E-state index contributed by atoms with van der Waals surface area (Å²) in [5, 5.41) is 0.819. The second kappa shape index (κ2) is 6.49. The normalized spacial score (nSPS) is 15.0. The van der Waals surface area contributed by atoms with Gasteiger partial charge >= 0.3 is 0 Å². The van der Waals surface area contributed by atoms with Crippen molar-refractivity contribution in [2.45, 2.75) is 17.9 Å². The molecule has 0 bridgehead atoms. The van der Waals surface area contributed by atoms with Crippen molar-refractivity contribution in [2.24, 2.45) is 4.99 Å². The molecule has 1 aromatic heterocycles. The zero-order valence-corrected chi connectivity index (χ0v) is 14.8. The summed E-state index contributed by atoms with van der Waals surface area (Å²) in [5.41, 5.74) is 4.02. The Morgan fingerprint density at radius 2 is 2.00 bits per heavy atom. The molecule has 0 amide bonds. The number of hydrogen-bond donors (Lipinski definition) is 1. The lowest BCUT2D eigenvalue weighted by atomic mass is 10.1. The highest BCUT2D eigenvalue weighted by Gasteiger charge is 2.23. The van der Waals surface area contributed by atoms with Gasteiger partial charge in [0.2, 0.25) is 0 Å². The fourth-order valence-corrected chi connectivity index (χ4v) is 5.03. The second-order valence-corrected chi connectivity index (χ2v) is 8.22. The number of H-pyrrole nitrogens is 1. The molecule has 2 heterocycles. The van der Waals surface area contributed by atoms with Gasteiger partial charge < -0.3 is 4.98 Å². The number of nitrogens with zero attached hydrogens (tertiary/aromatic N) is 1. The number of carbonyl (C=O) groups excluding carboxylic acids is 1. The van der Waals surface area contributed by atoms with Crippen molar-refractivity contribution in [3.63, 3.8) is 0 Å². The highest BCUT2D eigenvalue weighted by Crippen LogP contribution is 2.36. The van der Waals surface area contributed by atoms with Crippen molar-refractivity contribution in [1.82, 2.24) is 4.98 Å². The van der Waals surface area contributed by atoms with Gasteiger partial charge in [-0.15, -0.1) is 0 Å². The Labute approximate surface area is 149 Å². The summed E-state index contributed by atoms with van der Waals surface area (Å²) < 4.78 is 0.967. The summed E-state index contributed by atoms with van der Waals surface area (Å²) in [6.45, 7) is 1.96. The van der Waals surface area contributed by atoms with Gasteiger partial charge in [-0.3, -0.25) is 4.79 Å². The van der Waals surface area contributed by atoms with Crippen LogP contribution in [0.1, 0.15) is 22.8 Å². The summed E-state index contributed by atoms with van der Waals surface area (Å²) >= 11 is 3.25. The molecule has 0 fully saturated rings. The topological polar surface area (TPSA) is 45.2 Å². The van der Waals surface area contributed by atoms with Gasteiger partial charge in [0.1, 0.15) is 4.38 Å². The maximum atomic E-state index is 12.8. The van der Waals surface area contributed by atoms with Crippen LogP contribution in [0.5, 0.6) is 0 Å². The summed E-state index contributed by atoms with van der Waals surface area (Å²) in [4.78, 5) is 20.7. The van der Waals surface area contributed by atoms with Crippen molar-refractivity contribution in [1.29, 1.82) is 0 Å². The van der Waals surface area contributed by atoms with Crippen LogP contribution in [0.3, 0.4) is 0 Å². The number of thioether (sulfide) groups is 2. The monoisotopic (exact) mass is 352 g/mol. The summed E-state index contributed by atoms with van der Waals surface area (Å²) in [7, 11) is 0. The molecule has 0 radical (unpaired) electrons. The zero-order chi connectivity index (χ0) is 16.5. The summed E-state index contributed by atoms with van der Waals surface area (Å²) in [6, 6.07) is 16.1. The van der Waals surface area contributed by atoms with E-state index in [1.807, 2.05) is 55.6 Å². The lowest BCUT2D eigenvalue weighted by Crippen LogP contribution is -2.15. The Morgan fingerprint density at radius 1 is 1.21 bits per heavy atom. The number of ketones is 1. The van der Waals surface area contributed by atoms with E-state index in [4.69, 9.17) is 4.99 Å². The fraction of sp³-hybridized carbons (Fsp3) is 0.158. The first-order valence-corrected chi connectivity index (χ1v) is 9.65. The molecule has 1 aliphatic rings. The van der Waals surface area contributed by atoms with Gasteiger partial charge in [0.15, 0.2) is 5.78 Å². The van der Waals surface area contributed by atoms with Crippen LogP contribution in [0.2, 0.25) is 0 Å². The molecule has 2 aromatic carbocycles. The molecule has 3 aromatic rings. The highest BCUT2D eigenvalue weighted by atomic mass is 32.2. The van der Waals surface area contributed by atoms with Crippen molar-refractivity contribution in [2.75, 3.05) is 0 Å². The smallest absolute Gasteiger partial charge is 0.178 e. The fourth-order valence-electron chi connectivity index (χ4n) is 2.77. The molecule has 1 aliphatic heterocycles. The van der Waals surface area contributed by atoms with Crippen LogP contribution < -0.4 is 0 Å². The standard InChI is InChI=1S/C19H16N2OS2/c1-12(18(22)15-10-20-17-9-5-3-7-14(15)17)24-19-21-16-8-4-2-6-13(16)11-23-19/h2-10,12,20H,11H2,1H3/t12-/m1/s1.